The third-order valence-corrected chi connectivity index (χ3v) is 10.2. The summed E-state index contributed by atoms with van der Waals surface area (Å²) in [6.07, 6.45) is -1.81. The number of aliphatic hydroxyl groups is 1. The predicted molar refractivity (Wildman–Crippen MR) is 120 cm³/mol. The molecule has 8 atom stereocenters. The van der Waals surface area contributed by atoms with Crippen LogP contribution in [0.4, 0.5) is 0 Å². The molecule has 0 bridgehead atoms. The van der Waals surface area contributed by atoms with E-state index in [4.69, 9.17) is 28.8 Å². The summed E-state index contributed by atoms with van der Waals surface area (Å²) in [7, 11) is 0. The predicted octanol–water partition coefficient (Wildman–Crippen LogP) is -1.00. The zero-order valence-corrected chi connectivity index (χ0v) is 19.9. The molecular weight excluding hydrogens is 558 g/mol. The molecular formula is C17H20Br2ClN9O2. The summed E-state index contributed by atoms with van der Waals surface area (Å²) in [6.45, 7) is 0.670. The summed E-state index contributed by atoms with van der Waals surface area (Å²) < 4.78 is 3.22. The molecule has 31 heavy (non-hydrogen) atoms. The third-order valence-electron chi connectivity index (χ3n) is 7.57. The van der Waals surface area contributed by atoms with Crippen LogP contribution in [0.25, 0.3) is 0 Å². The number of carbonyl (C=O) groups excluding carboxylic acids is 1. The number of nitrogens with zero attached hydrogens (tertiary/aromatic N) is 4. The van der Waals surface area contributed by atoms with Gasteiger partial charge in [0.25, 0.3) is 5.91 Å². The van der Waals surface area contributed by atoms with Crippen LogP contribution in [0.1, 0.15) is 16.7 Å². The first kappa shape index (κ1) is 20.1. The number of hydrogen-bond donors (Lipinski definition) is 6. The van der Waals surface area contributed by atoms with Gasteiger partial charge >= 0.3 is 0 Å². The van der Waals surface area contributed by atoms with E-state index in [2.05, 4.69) is 52.5 Å². The third kappa shape index (κ3) is 2.06. The number of aliphatic imine (C=N–C) groups is 2. The molecule has 14 heteroatoms. The molecule has 1 aromatic rings. The van der Waals surface area contributed by atoms with Crippen LogP contribution in [-0.2, 0) is 0 Å². The number of aliphatic hydroxyl groups excluding tert-OH is 1. The van der Waals surface area contributed by atoms with Crippen molar-refractivity contribution in [2.24, 2.45) is 44.9 Å². The van der Waals surface area contributed by atoms with Crippen molar-refractivity contribution in [2.75, 3.05) is 13.1 Å². The molecule has 5 heterocycles. The van der Waals surface area contributed by atoms with E-state index in [9.17, 15) is 9.90 Å². The van der Waals surface area contributed by atoms with Crippen LogP contribution in [0.3, 0.4) is 0 Å². The van der Waals surface area contributed by atoms with Crippen molar-refractivity contribution in [3.8, 4) is 0 Å². The maximum absolute atomic E-state index is 13.7. The molecule has 1 saturated heterocycles. The SMILES string of the molecule is NC[C@@H]1[C@@H]2CN3C(=O)c4cc(Br)c(Br)n4[C@@H]4N=C(N)N[C@]43[C@@H]2[C@]2(NC(N)=N[C@@H]2O)[C@@H]1Cl. The Morgan fingerprint density at radius 3 is 2.65 bits per heavy atom. The first-order chi connectivity index (χ1) is 14.7. The second-order valence-electron chi connectivity index (χ2n) is 8.68. The van der Waals surface area contributed by atoms with Crippen LogP contribution in [0.2, 0.25) is 0 Å². The minimum Gasteiger partial charge on any atom is -0.370 e. The van der Waals surface area contributed by atoms with E-state index in [0.29, 0.717) is 16.8 Å². The average molecular weight is 578 g/mol. The fourth-order valence-electron chi connectivity index (χ4n) is 6.60. The highest BCUT2D eigenvalue weighted by atomic mass is 79.9. The lowest BCUT2D eigenvalue weighted by Gasteiger charge is -2.51. The van der Waals surface area contributed by atoms with Crippen LogP contribution in [0.15, 0.2) is 25.1 Å². The number of fused-ring (bicyclic) bond motifs is 4. The summed E-state index contributed by atoms with van der Waals surface area (Å²) >= 11 is 14.0. The van der Waals surface area contributed by atoms with Crippen molar-refractivity contribution in [1.29, 1.82) is 0 Å². The normalized spacial score (nSPS) is 44.4. The number of guanidine groups is 2. The van der Waals surface area contributed by atoms with Gasteiger partial charge in [-0.15, -0.1) is 11.6 Å². The summed E-state index contributed by atoms with van der Waals surface area (Å²) in [6, 6.07) is 1.76. The molecule has 4 aliphatic heterocycles. The Morgan fingerprint density at radius 2 is 2.00 bits per heavy atom. The number of nitrogens with two attached hydrogens (primary N) is 3. The van der Waals surface area contributed by atoms with Crippen LogP contribution >= 0.6 is 43.5 Å². The summed E-state index contributed by atoms with van der Waals surface area (Å²) in [5.74, 6) is -0.639. The molecule has 6 rings (SSSR count). The monoisotopic (exact) mass is 575 g/mol. The van der Waals surface area contributed by atoms with Gasteiger partial charge in [-0.1, -0.05) is 0 Å². The van der Waals surface area contributed by atoms with Gasteiger partial charge in [-0.25, -0.2) is 9.98 Å². The number of rotatable bonds is 1. The lowest BCUT2D eigenvalue weighted by Crippen LogP contribution is -2.74. The van der Waals surface area contributed by atoms with E-state index in [-0.39, 0.29) is 36.2 Å². The minimum atomic E-state index is -1.21. The summed E-state index contributed by atoms with van der Waals surface area (Å²) in [4.78, 5) is 24.3. The molecule has 0 radical (unpaired) electrons. The summed E-state index contributed by atoms with van der Waals surface area (Å²) in [5, 5.41) is 17.0. The molecule has 11 nitrogen and oxygen atoms in total. The van der Waals surface area contributed by atoms with Gasteiger partial charge in [0.15, 0.2) is 30.0 Å². The van der Waals surface area contributed by atoms with Gasteiger partial charge in [0.2, 0.25) is 0 Å². The van der Waals surface area contributed by atoms with E-state index in [0.717, 1.165) is 4.47 Å². The van der Waals surface area contributed by atoms with E-state index in [1.54, 1.807) is 11.0 Å². The quantitative estimate of drug-likeness (QED) is 0.232. The lowest BCUT2D eigenvalue weighted by atomic mass is 9.73. The molecule has 0 unspecified atom stereocenters. The van der Waals surface area contributed by atoms with E-state index >= 15 is 0 Å². The zero-order valence-electron chi connectivity index (χ0n) is 16.0. The van der Waals surface area contributed by atoms with Crippen molar-refractivity contribution in [3.05, 3.63) is 20.8 Å². The van der Waals surface area contributed by atoms with Crippen LogP contribution in [0, 0.1) is 17.8 Å². The maximum atomic E-state index is 13.7. The largest absolute Gasteiger partial charge is 0.370 e. The lowest BCUT2D eigenvalue weighted by molar-refractivity contribution is -0.0274. The van der Waals surface area contributed by atoms with Crippen molar-refractivity contribution in [3.63, 3.8) is 0 Å². The smallest absolute Gasteiger partial charge is 0.272 e. The molecule has 0 aromatic carbocycles. The van der Waals surface area contributed by atoms with Crippen LogP contribution in [0.5, 0.6) is 0 Å². The van der Waals surface area contributed by atoms with Crippen molar-refractivity contribution in [1.82, 2.24) is 20.1 Å². The van der Waals surface area contributed by atoms with Gasteiger partial charge in [-0.05, 0) is 56.3 Å². The summed E-state index contributed by atoms with van der Waals surface area (Å²) in [5.41, 5.74) is 16.6. The fourth-order valence-corrected chi connectivity index (χ4v) is 8.10. The average Bonchev–Trinajstić information content (AvgIpc) is 3.43. The highest BCUT2D eigenvalue weighted by Gasteiger charge is 2.79. The Morgan fingerprint density at radius 1 is 1.29 bits per heavy atom. The van der Waals surface area contributed by atoms with Gasteiger partial charge in [0, 0.05) is 12.5 Å². The van der Waals surface area contributed by atoms with Crippen molar-refractivity contribution < 1.29 is 9.90 Å². The van der Waals surface area contributed by atoms with Gasteiger partial charge in [-0.2, -0.15) is 0 Å². The standard InChI is InChI=1S/C17H20Br2ClN9O2/c18-6-1-7-11(30)28-3-5-4(2-21)9(20)16(13(31)25-15(23)26-16)8(5)17(28)12(24-14(22)27-17)29(7)10(6)19/h1,4-5,8-9,12-13,31H,2-3,21H2,(H3,22,24,27)(H3,23,25,26)/t4-,5+,8+,9-,12+,13-,16+,17+/m1/s1. The Labute approximate surface area is 198 Å². The first-order valence-electron chi connectivity index (χ1n) is 9.81. The van der Waals surface area contributed by atoms with E-state index < -0.39 is 34.9 Å². The number of carbonyl (C=O) groups is 1. The number of hydrogen-bond acceptors (Lipinski definition) is 9. The first-order valence-corrected chi connectivity index (χ1v) is 11.8. The molecule has 5 aliphatic rings. The molecule has 2 spiro atoms. The maximum Gasteiger partial charge on any atom is 0.272 e. The van der Waals surface area contributed by atoms with Gasteiger partial charge in [0.1, 0.15) is 15.8 Å². The van der Waals surface area contributed by atoms with Gasteiger partial charge in [-0.3, -0.25) is 4.79 Å². The molecule has 2 fully saturated rings. The van der Waals surface area contributed by atoms with Crippen LogP contribution in [-0.4, -0.2) is 68.3 Å². The highest BCUT2D eigenvalue weighted by molar-refractivity contribution is 9.13. The molecule has 1 aliphatic carbocycles. The Bertz CT molecular complexity index is 1090. The zero-order chi connectivity index (χ0) is 22.0. The van der Waals surface area contributed by atoms with Crippen LogP contribution < -0.4 is 27.8 Å². The van der Waals surface area contributed by atoms with E-state index in [1.807, 2.05) is 4.57 Å². The molecule has 1 amide bonds. The van der Waals surface area contributed by atoms with Crippen molar-refractivity contribution in [2.45, 2.75) is 29.0 Å². The molecule has 9 N–H and O–H groups in total. The topological polar surface area (TPSA) is 172 Å². The second kappa shape index (κ2) is 6.07. The minimum absolute atomic E-state index is 0.0978. The Balaban J connectivity index is 1.62. The Hall–Kier alpha value is -1.54. The number of halogens is 3. The number of alkyl halides is 1. The Kier molecular flexibility index (Phi) is 3.93. The van der Waals surface area contributed by atoms with E-state index in [1.165, 1.54) is 0 Å². The van der Waals surface area contributed by atoms with Crippen molar-refractivity contribution >= 4 is 61.3 Å². The number of nitrogens with one attached hydrogen (secondary N) is 2. The number of aromatic nitrogens is 1. The fraction of sp³-hybridized carbons (Fsp3) is 0.588. The number of amides is 1. The molecule has 1 saturated carbocycles. The molecule has 166 valence electrons. The second-order valence-corrected chi connectivity index (χ2v) is 10.8. The van der Waals surface area contributed by atoms with Gasteiger partial charge < -0.3 is 42.4 Å². The van der Waals surface area contributed by atoms with Gasteiger partial charge in [0.05, 0.1) is 9.85 Å². The highest BCUT2D eigenvalue weighted by Crippen LogP contribution is 2.63. The molecule has 1 aromatic heterocycles.